The van der Waals surface area contributed by atoms with Gasteiger partial charge in [-0.1, -0.05) is 49.4 Å². The minimum absolute atomic E-state index is 0.0181. The fourth-order valence-corrected chi connectivity index (χ4v) is 4.40. The normalized spacial score (nSPS) is 15.4. The molecule has 8 nitrogen and oxygen atoms in total. The molecule has 8 heteroatoms. The molecule has 0 saturated carbocycles. The third-order valence-electron chi connectivity index (χ3n) is 6.07. The second-order valence-corrected chi connectivity index (χ2v) is 8.43. The van der Waals surface area contributed by atoms with E-state index in [-0.39, 0.29) is 23.6 Å². The smallest absolute Gasteiger partial charge is 0.355 e. The molecule has 1 N–H and O–H groups in total. The molecule has 0 spiro atoms. The van der Waals surface area contributed by atoms with E-state index in [4.69, 9.17) is 14.2 Å². The highest BCUT2D eigenvalue weighted by molar-refractivity contribution is 6.04. The van der Waals surface area contributed by atoms with Crippen LogP contribution >= 0.6 is 0 Å². The van der Waals surface area contributed by atoms with Crippen LogP contribution in [0.5, 0.6) is 11.5 Å². The summed E-state index contributed by atoms with van der Waals surface area (Å²) >= 11 is 0. The number of aromatic hydroxyl groups is 1. The molecule has 0 saturated heterocycles. The molecule has 1 heterocycles. The van der Waals surface area contributed by atoms with Crippen molar-refractivity contribution >= 4 is 23.3 Å². The van der Waals surface area contributed by atoms with E-state index in [1.54, 1.807) is 23.1 Å². The van der Waals surface area contributed by atoms with E-state index < -0.39 is 18.1 Å². The lowest BCUT2D eigenvalue weighted by Crippen LogP contribution is -2.50. The number of para-hydroxylation sites is 2. The first kappa shape index (κ1) is 25.6. The lowest BCUT2D eigenvalue weighted by molar-refractivity contribution is -0.139. The second kappa shape index (κ2) is 11.5. The highest BCUT2D eigenvalue weighted by atomic mass is 16.5. The van der Waals surface area contributed by atoms with Crippen LogP contribution in [-0.2, 0) is 19.1 Å². The molecule has 0 bridgehead atoms. The number of carbonyl (C=O) groups is 2. The highest BCUT2D eigenvalue weighted by Gasteiger charge is 2.42. The van der Waals surface area contributed by atoms with Crippen LogP contribution in [-0.4, -0.2) is 44.4 Å². The summed E-state index contributed by atoms with van der Waals surface area (Å²) in [5, 5.41) is 10.5. The number of benzene rings is 3. The first-order valence-corrected chi connectivity index (χ1v) is 12.0. The van der Waals surface area contributed by atoms with E-state index in [9.17, 15) is 14.7 Å². The minimum Gasteiger partial charge on any atom is -0.504 e. The van der Waals surface area contributed by atoms with Crippen molar-refractivity contribution in [3.8, 4) is 11.5 Å². The zero-order valence-electron chi connectivity index (χ0n) is 21.1. The van der Waals surface area contributed by atoms with E-state index in [0.717, 1.165) is 17.7 Å². The summed E-state index contributed by atoms with van der Waals surface area (Å²) in [6, 6.07) is 24.0. The van der Waals surface area contributed by atoms with Crippen LogP contribution in [0.25, 0.3) is 0 Å². The maximum Gasteiger partial charge on any atom is 0.355 e. The Kier molecular flexibility index (Phi) is 7.98. The lowest BCUT2D eigenvalue weighted by Gasteiger charge is -2.47. The van der Waals surface area contributed by atoms with Gasteiger partial charge in [0.1, 0.15) is 11.9 Å². The SMILES string of the molecule is CCCOc1cc(C2N(c3ccccc3)CC(C(=O)OC)=C(C(=O)OC)N2c2ccccc2)ccc1O. The van der Waals surface area contributed by atoms with Crippen molar-refractivity contribution in [1.82, 2.24) is 0 Å². The van der Waals surface area contributed by atoms with Gasteiger partial charge < -0.3 is 29.1 Å². The number of methoxy groups -OCH3 is 2. The van der Waals surface area contributed by atoms with Crippen molar-refractivity contribution in [2.24, 2.45) is 0 Å². The number of phenolic OH excluding ortho intramolecular Hbond substituents is 1. The Morgan fingerprint density at radius 3 is 2.11 bits per heavy atom. The van der Waals surface area contributed by atoms with Gasteiger partial charge in [0.2, 0.25) is 0 Å². The molecule has 192 valence electrons. The van der Waals surface area contributed by atoms with Crippen LogP contribution in [0, 0.1) is 0 Å². The number of carbonyl (C=O) groups excluding carboxylic acids is 2. The molecular weight excluding hydrogens is 472 g/mol. The van der Waals surface area contributed by atoms with E-state index >= 15 is 0 Å². The zero-order valence-corrected chi connectivity index (χ0v) is 21.1. The fourth-order valence-electron chi connectivity index (χ4n) is 4.40. The van der Waals surface area contributed by atoms with E-state index in [1.807, 2.05) is 72.5 Å². The average molecular weight is 503 g/mol. The third-order valence-corrected chi connectivity index (χ3v) is 6.07. The van der Waals surface area contributed by atoms with E-state index in [1.165, 1.54) is 14.2 Å². The molecule has 0 aliphatic carbocycles. The molecule has 1 unspecified atom stereocenters. The topological polar surface area (TPSA) is 88.5 Å². The quantitative estimate of drug-likeness (QED) is 0.439. The number of phenols is 1. The van der Waals surface area contributed by atoms with Crippen LogP contribution in [0.4, 0.5) is 11.4 Å². The number of hydrogen-bond acceptors (Lipinski definition) is 8. The largest absolute Gasteiger partial charge is 0.504 e. The predicted octanol–water partition coefficient (Wildman–Crippen LogP) is 4.81. The van der Waals surface area contributed by atoms with Crippen LogP contribution in [0.2, 0.25) is 0 Å². The Bertz CT molecular complexity index is 1280. The van der Waals surface area contributed by atoms with E-state index in [0.29, 0.717) is 18.0 Å². The van der Waals surface area contributed by atoms with Crippen molar-refractivity contribution in [2.75, 3.05) is 37.2 Å². The van der Waals surface area contributed by atoms with Gasteiger partial charge in [0.15, 0.2) is 11.5 Å². The molecule has 0 amide bonds. The molecular formula is C29H30N2O6. The molecule has 1 atom stereocenters. The molecule has 4 rings (SSSR count). The van der Waals surface area contributed by atoms with Crippen LogP contribution in [0.1, 0.15) is 25.1 Å². The predicted molar refractivity (Wildman–Crippen MR) is 140 cm³/mol. The van der Waals surface area contributed by atoms with Crippen LogP contribution in [0.3, 0.4) is 0 Å². The third kappa shape index (κ3) is 5.23. The van der Waals surface area contributed by atoms with Gasteiger partial charge in [-0.05, 0) is 48.4 Å². The fraction of sp³-hybridized carbons (Fsp3) is 0.241. The van der Waals surface area contributed by atoms with Gasteiger partial charge in [-0.15, -0.1) is 0 Å². The lowest BCUT2D eigenvalue weighted by atomic mass is 9.99. The Morgan fingerprint density at radius 1 is 0.892 bits per heavy atom. The van der Waals surface area contributed by atoms with Crippen molar-refractivity contribution in [1.29, 1.82) is 0 Å². The number of anilines is 2. The van der Waals surface area contributed by atoms with E-state index in [2.05, 4.69) is 0 Å². The van der Waals surface area contributed by atoms with Crippen molar-refractivity contribution in [2.45, 2.75) is 19.5 Å². The molecule has 0 radical (unpaired) electrons. The molecule has 1 aliphatic rings. The summed E-state index contributed by atoms with van der Waals surface area (Å²) < 4.78 is 16.1. The number of rotatable bonds is 8. The first-order chi connectivity index (χ1) is 18.0. The van der Waals surface area contributed by atoms with Gasteiger partial charge in [0, 0.05) is 11.4 Å². The van der Waals surface area contributed by atoms with Gasteiger partial charge in [-0.25, -0.2) is 9.59 Å². The highest BCUT2D eigenvalue weighted by Crippen LogP contribution is 2.43. The first-order valence-electron chi connectivity index (χ1n) is 12.0. The Balaban J connectivity index is 2.02. The van der Waals surface area contributed by atoms with Crippen LogP contribution < -0.4 is 14.5 Å². The number of esters is 2. The van der Waals surface area contributed by atoms with Gasteiger partial charge >= 0.3 is 11.9 Å². The molecule has 3 aromatic rings. The molecule has 0 aromatic heterocycles. The van der Waals surface area contributed by atoms with Gasteiger partial charge in [-0.2, -0.15) is 0 Å². The maximum absolute atomic E-state index is 13.3. The van der Waals surface area contributed by atoms with Crippen molar-refractivity contribution in [3.05, 3.63) is 95.7 Å². The van der Waals surface area contributed by atoms with Gasteiger partial charge in [-0.3, -0.25) is 0 Å². The molecule has 0 fully saturated rings. The Hall–Kier alpha value is -4.46. The van der Waals surface area contributed by atoms with Crippen molar-refractivity contribution in [3.63, 3.8) is 0 Å². The molecule has 3 aromatic carbocycles. The van der Waals surface area contributed by atoms with Crippen molar-refractivity contribution < 1.29 is 28.9 Å². The Labute approximate surface area is 216 Å². The average Bonchev–Trinajstić information content (AvgIpc) is 2.95. The Morgan fingerprint density at radius 2 is 1.51 bits per heavy atom. The molecule has 37 heavy (non-hydrogen) atoms. The zero-order chi connectivity index (χ0) is 26.4. The minimum atomic E-state index is -0.664. The summed E-state index contributed by atoms with van der Waals surface area (Å²) in [6.07, 6.45) is 0.175. The van der Waals surface area contributed by atoms with Crippen LogP contribution in [0.15, 0.2) is 90.1 Å². The second-order valence-electron chi connectivity index (χ2n) is 8.43. The number of hydrogen-bond donors (Lipinski definition) is 1. The van der Waals surface area contributed by atoms with Gasteiger partial charge in [0.25, 0.3) is 0 Å². The summed E-state index contributed by atoms with van der Waals surface area (Å²) in [5.41, 5.74) is 2.48. The van der Waals surface area contributed by atoms with Gasteiger partial charge in [0.05, 0.1) is 32.9 Å². The summed E-state index contributed by atoms with van der Waals surface area (Å²) in [5.74, 6) is -0.936. The summed E-state index contributed by atoms with van der Waals surface area (Å²) in [7, 11) is 2.57. The molecule has 1 aliphatic heterocycles. The standard InChI is InChI=1S/C29H30N2O6/c1-4-17-37-25-18-20(15-16-24(25)32)27-30(21-11-7-5-8-12-21)19-23(28(33)35-2)26(29(34)36-3)31(27)22-13-9-6-10-14-22/h5-16,18,27,32H,4,17,19H2,1-3H3. The summed E-state index contributed by atoms with van der Waals surface area (Å²) in [6.45, 7) is 2.51. The summed E-state index contributed by atoms with van der Waals surface area (Å²) in [4.78, 5) is 30.0. The maximum atomic E-state index is 13.3. The monoisotopic (exact) mass is 502 g/mol. The number of nitrogens with zero attached hydrogens (tertiary/aromatic N) is 2. The number of ether oxygens (including phenoxy) is 3.